The van der Waals surface area contributed by atoms with E-state index in [4.69, 9.17) is 0 Å². The molecule has 19 heavy (non-hydrogen) atoms. The molecule has 0 bridgehead atoms. The van der Waals surface area contributed by atoms with Gasteiger partial charge >= 0.3 is 0 Å². The van der Waals surface area contributed by atoms with E-state index >= 15 is 0 Å². The lowest BCUT2D eigenvalue weighted by Gasteiger charge is -2.29. The van der Waals surface area contributed by atoms with Crippen LogP contribution >= 0.6 is 0 Å². The van der Waals surface area contributed by atoms with Gasteiger partial charge in [0.25, 0.3) is 0 Å². The van der Waals surface area contributed by atoms with Crippen LogP contribution in [-0.2, 0) is 10.0 Å². The van der Waals surface area contributed by atoms with E-state index in [-0.39, 0.29) is 11.8 Å². The van der Waals surface area contributed by atoms with Gasteiger partial charge in [0.1, 0.15) is 0 Å². The second kappa shape index (κ2) is 6.06. The van der Waals surface area contributed by atoms with Crippen LogP contribution in [-0.4, -0.2) is 25.0 Å². The third-order valence-electron chi connectivity index (χ3n) is 3.85. The number of hydrogen-bond donors (Lipinski definition) is 0. The lowest BCUT2D eigenvalue weighted by Crippen LogP contribution is -2.35. The number of hydrogen-bond acceptors (Lipinski definition) is 2. The second-order valence-electron chi connectivity index (χ2n) is 5.29. The van der Waals surface area contributed by atoms with Gasteiger partial charge in [0.15, 0.2) is 0 Å². The highest BCUT2D eigenvalue weighted by Crippen LogP contribution is 2.32. The molecule has 1 aliphatic rings. The highest BCUT2D eigenvalue weighted by molar-refractivity contribution is 7.89. The van der Waals surface area contributed by atoms with E-state index < -0.39 is 10.0 Å². The fourth-order valence-electron chi connectivity index (χ4n) is 2.79. The largest absolute Gasteiger partial charge is 0.214 e. The van der Waals surface area contributed by atoms with Gasteiger partial charge in [-0.3, -0.25) is 0 Å². The van der Waals surface area contributed by atoms with Crippen molar-refractivity contribution < 1.29 is 8.42 Å². The summed E-state index contributed by atoms with van der Waals surface area (Å²) in [5.74, 6) is 0.190. The standard InChI is InChI=1S/C15H23NO2S/c1-3-19(17,18)16-11-6-4-5-10-15(16)14-9-7-8-13(2)12-14/h7-9,12,15H,3-6,10-11H2,1-2H3/t15-/m0/s1. The van der Waals surface area contributed by atoms with Crippen molar-refractivity contribution in [1.82, 2.24) is 4.31 Å². The fraction of sp³-hybridized carbons (Fsp3) is 0.600. The molecule has 1 aromatic rings. The van der Waals surface area contributed by atoms with E-state index in [1.807, 2.05) is 6.07 Å². The Balaban J connectivity index is 2.38. The van der Waals surface area contributed by atoms with Gasteiger partial charge in [0, 0.05) is 12.6 Å². The van der Waals surface area contributed by atoms with Crippen LogP contribution in [0.2, 0.25) is 0 Å². The van der Waals surface area contributed by atoms with E-state index in [0.29, 0.717) is 6.54 Å². The van der Waals surface area contributed by atoms with Crippen LogP contribution in [0.1, 0.15) is 49.8 Å². The lowest BCUT2D eigenvalue weighted by molar-refractivity contribution is 0.329. The van der Waals surface area contributed by atoms with Crippen molar-refractivity contribution in [3.63, 3.8) is 0 Å². The van der Waals surface area contributed by atoms with Gasteiger partial charge in [-0.2, -0.15) is 4.31 Å². The van der Waals surface area contributed by atoms with Crippen molar-refractivity contribution in [3.8, 4) is 0 Å². The van der Waals surface area contributed by atoms with E-state index in [1.54, 1.807) is 11.2 Å². The van der Waals surface area contributed by atoms with Crippen molar-refractivity contribution in [3.05, 3.63) is 35.4 Å². The zero-order valence-corrected chi connectivity index (χ0v) is 12.6. The SMILES string of the molecule is CCS(=O)(=O)N1CCCCC[C@H]1c1cccc(C)c1. The predicted molar refractivity (Wildman–Crippen MR) is 78.6 cm³/mol. The predicted octanol–water partition coefficient (Wildman–Crippen LogP) is 3.26. The molecule has 1 aliphatic heterocycles. The first-order chi connectivity index (χ1) is 9.04. The van der Waals surface area contributed by atoms with Crippen molar-refractivity contribution in [2.75, 3.05) is 12.3 Å². The third-order valence-corrected chi connectivity index (χ3v) is 5.73. The Morgan fingerprint density at radius 2 is 2.05 bits per heavy atom. The minimum atomic E-state index is -3.12. The molecule has 3 nitrogen and oxygen atoms in total. The quantitative estimate of drug-likeness (QED) is 0.853. The van der Waals surface area contributed by atoms with Crippen LogP contribution in [0.3, 0.4) is 0 Å². The average Bonchev–Trinajstić information content (AvgIpc) is 2.64. The molecule has 0 saturated carbocycles. The van der Waals surface area contributed by atoms with Gasteiger partial charge in [-0.05, 0) is 32.3 Å². The molecule has 1 saturated heterocycles. The molecule has 0 unspecified atom stereocenters. The molecule has 1 fully saturated rings. The molecule has 4 heteroatoms. The van der Waals surface area contributed by atoms with Crippen LogP contribution in [0.4, 0.5) is 0 Å². The Bertz CT molecular complexity index is 525. The molecule has 2 rings (SSSR count). The van der Waals surface area contributed by atoms with Gasteiger partial charge in [0.2, 0.25) is 10.0 Å². The van der Waals surface area contributed by atoms with Gasteiger partial charge in [-0.15, -0.1) is 0 Å². The fourth-order valence-corrected chi connectivity index (χ4v) is 4.14. The van der Waals surface area contributed by atoms with E-state index in [2.05, 4.69) is 25.1 Å². The summed E-state index contributed by atoms with van der Waals surface area (Å²) in [6.07, 6.45) is 4.14. The topological polar surface area (TPSA) is 37.4 Å². The van der Waals surface area contributed by atoms with E-state index in [0.717, 1.165) is 31.2 Å². The summed E-state index contributed by atoms with van der Waals surface area (Å²) in [5.41, 5.74) is 2.33. The molecule has 106 valence electrons. The van der Waals surface area contributed by atoms with Gasteiger partial charge in [-0.25, -0.2) is 8.42 Å². The number of rotatable bonds is 3. The Morgan fingerprint density at radius 3 is 2.74 bits per heavy atom. The summed E-state index contributed by atoms with van der Waals surface area (Å²) in [5, 5.41) is 0. The minimum Gasteiger partial charge on any atom is -0.212 e. The molecule has 0 amide bonds. The highest BCUT2D eigenvalue weighted by atomic mass is 32.2. The molecular weight excluding hydrogens is 258 g/mol. The second-order valence-corrected chi connectivity index (χ2v) is 7.50. The van der Waals surface area contributed by atoms with E-state index in [1.165, 1.54) is 5.56 Å². The summed E-state index contributed by atoms with van der Waals surface area (Å²) < 4.78 is 26.3. The Kier molecular flexibility index (Phi) is 4.63. The van der Waals surface area contributed by atoms with Gasteiger partial charge < -0.3 is 0 Å². The van der Waals surface area contributed by atoms with Crippen molar-refractivity contribution in [2.24, 2.45) is 0 Å². The number of benzene rings is 1. The maximum absolute atomic E-state index is 12.3. The molecule has 0 aromatic heterocycles. The summed E-state index contributed by atoms with van der Waals surface area (Å²) in [4.78, 5) is 0. The Hall–Kier alpha value is -0.870. The molecule has 1 heterocycles. The van der Waals surface area contributed by atoms with Crippen LogP contribution in [0.15, 0.2) is 24.3 Å². The summed E-state index contributed by atoms with van der Waals surface area (Å²) >= 11 is 0. The number of aryl methyl sites for hydroxylation is 1. The zero-order valence-electron chi connectivity index (χ0n) is 11.8. The molecule has 0 N–H and O–H groups in total. The van der Waals surface area contributed by atoms with Crippen molar-refractivity contribution in [1.29, 1.82) is 0 Å². The summed E-state index contributed by atoms with van der Waals surface area (Å²) in [7, 11) is -3.12. The normalized spacial score (nSPS) is 22.1. The van der Waals surface area contributed by atoms with E-state index in [9.17, 15) is 8.42 Å². The van der Waals surface area contributed by atoms with Gasteiger partial charge in [-0.1, -0.05) is 42.7 Å². The zero-order chi connectivity index (χ0) is 13.9. The number of nitrogens with zero attached hydrogens (tertiary/aromatic N) is 1. The first-order valence-electron chi connectivity index (χ1n) is 7.10. The van der Waals surface area contributed by atoms with Crippen LogP contribution in [0, 0.1) is 6.92 Å². The molecule has 1 atom stereocenters. The van der Waals surface area contributed by atoms with Crippen LogP contribution in [0.5, 0.6) is 0 Å². The smallest absolute Gasteiger partial charge is 0.212 e. The molecule has 0 radical (unpaired) electrons. The van der Waals surface area contributed by atoms with Crippen molar-refractivity contribution >= 4 is 10.0 Å². The third kappa shape index (κ3) is 3.37. The number of sulfonamides is 1. The maximum atomic E-state index is 12.3. The van der Waals surface area contributed by atoms with Gasteiger partial charge in [0.05, 0.1) is 5.75 Å². The molecular formula is C15H23NO2S. The van der Waals surface area contributed by atoms with Crippen LogP contribution in [0.25, 0.3) is 0 Å². The first-order valence-corrected chi connectivity index (χ1v) is 8.71. The molecule has 1 aromatic carbocycles. The summed E-state index contributed by atoms with van der Waals surface area (Å²) in [6.45, 7) is 4.45. The molecule has 0 aliphatic carbocycles. The van der Waals surface area contributed by atoms with Crippen LogP contribution < -0.4 is 0 Å². The Morgan fingerprint density at radius 1 is 1.26 bits per heavy atom. The first kappa shape index (κ1) is 14.5. The Labute approximate surface area is 116 Å². The van der Waals surface area contributed by atoms with Crippen molar-refractivity contribution in [2.45, 2.75) is 45.6 Å². The molecule has 0 spiro atoms. The lowest BCUT2D eigenvalue weighted by atomic mass is 10.0. The average molecular weight is 281 g/mol. The highest BCUT2D eigenvalue weighted by Gasteiger charge is 2.30. The monoisotopic (exact) mass is 281 g/mol. The summed E-state index contributed by atoms with van der Waals surface area (Å²) in [6, 6.07) is 8.27. The maximum Gasteiger partial charge on any atom is 0.214 e. The minimum absolute atomic E-state index is 0.0207.